The van der Waals surface area contributed by atoms with Crippen LogP contribution in [0.5, 0.6) is 0 Å². The van der Waals surface area contributed by atoms with Crippen molar-refractivity contribution in [3.8, 4) is 0 Å². The first-order chi connectivity index (χ1) is 10.5. The number of hydrogen-bond donors (Lipinski definition) is 1. The largest absolute Gasteiger partial charge is 0.385 e. The van der Waals surface area contributed by atoms with Crippen LogP contribution in [-0.4, -0.2) is 28.2 Å². The number of hydrogen-bond acceptors (Lipinski definition) is 3. The lowest BCUT2D eigenvalue weighted by Crippen LogP contribution is -2.66. The maximum Gasteiger partial charge on any atom is 0.162 e. The minimum absolute atomic E-state index is 0.00931. The first kappa shape index (κ1) is 17.2. The average Bonchev–Trinajstić information content (AvgIpc) is 2.43. The Morgan fingerprint density at radius 2 is 1.74 bits per heavy atom. The van der Waals surface area contributed by atoms with Gasteiger partial charge in [0.2, 0.25) is 0 Å². The molecule has 0 radical (unpaired) electrons. The van der Waals surface area contributed by atoms with E-state index in [4.69, 9.17) is 4.74 Å². The van der Waals surface area contributed by atoms with E-state index in [0.717, 1.165) is 25.7 Å². The molecule has 1 saturated heterocycles. The van der Waals surface area contributed by atoms with Crippen LogP contribution < -0.4 is 0 Å². The SMILES string of the molecule is C=C[C@@]1(C)CC[C@H]2[C@@]3(C)CC(=O)[C@H](O)C(C)(C)[C@H]3CC[C@@]2(C)O1. The van der Waals surface area contributed by atoms with E-state index in [1.165, 1.54) is 0 Å². The molecule has 3 rings (SSSR count). The number of carbonyl (C=O) groups is 1. The summed E-state index contributed by atoms with van der Waals surface area (Å²) in [6.45, 7) is 14.7. The molecular formula is C20H32O3. The zero-order valence-corrected chi connectivity index (χ0v) is 15.3. The van der Waals surface area contributed by atoms with Gasteiger partial charge >= 0.3 is 0 Å². The number of aliphatic hydroxyl groups excluding tert-OH is 1. The van der Waals surface area contributed by atoms with Crippen molar-refractivity contribution >= 4 is 5.78 Å². The Kier molecular flexibility index (Phi) is 3.67. The summed E-state index contributed by atoms with van der Waals surface area (Å²) < 4.78 is 6.57. The first-order valence-electron chi connectivity index (χ1n) is 9.03. The van der Waals surface area contributed by atoms with Gasteiger partial charge in [0.05, 0.1) is 11.2 Å². The third kappa shape index (κ3) is 2.26. The molecule has 1 N–H and O–H groups in total. The van der Waals surface area contributed by atoms with Crippen LogP contribution >= 0.6 is 0 Å². The van der Waals surface area contributed by atoms with Gasteiger partial charge in [0.25, 0.3) is 0 Å². The molecule has 3 aliphatic rings. The van der Waals surface area contributed by atoms with Gasteiger partial charge < -0.3 is 9.84 Å². The molecule has 23 heavy (non-hydrogen) atoms. The van der Waals surface area contributed by atoms with Crippen LogP contribution in [0.25, 0.3) is 0 Å². The number of fused-ring (bicyclic) bond motifs is 3. The highest BCUT2D eigenvalue weighted by Gasteiger charge is 2.64. The molecule has 130 valence electrons. The second kappa shape index (κ2) is 4.92. The maximum absolute atomic E-state index is 12.5. The third-order valence-corrected chi connectivity index (χ3v) is 7.55. The monoisotopic (exact) mass is 320 g/mol. The van der Waals surface area contributed by atoms with Crippen LogP contribution in [-0.2, 0) is 9.53 Å². The standard InChI is InChI=1S/C20H32O3/c1-7-18(4)10-8-15-19(5)12-13(21)16(22)17(2,3)14(19)9-11-20(15,6)23-18/h7,14-16,22H,1,8-12H2,2-6H3/t14-,15+,16+,18+,19+,20-/m1/s1. The third-order valence-electron chi connectivity index (χ3n) is 7.55. The molecule has 0 aromatic carbocycles. The topological polar surface area (TPSA) is 46.5 Å². The Balaban J connectivity index is 2.00. The van der Waals surface area contributed by atoms with Crippen molar-refractivity contribution in [2.75, 3.05) is 0 Å². The maximum atomic E-state index is 12.5. The summed E-state index contributed by atoms with van der Waals surface area (Å²) in [5.41, 5.74) is -0.910. The number of ketones is 1. The number of carbonyl (C=O) groups excluding carboxylic acids is 1. The highest BCUT2D eigenvalue weighted by Crippen LogP contribution is 2.64. The van der Waals surface area contributed by atoms with Gasteiger partial charge in [-0.05, 0) is 56.8 Å². The molecule has 3 heteroatoms. The van der Waals surface area contributed by atoms with E-state index in [0.29, 0.717) is 18.3 Å². The van der Waals surface area contributed by atoms with Crippen LogP contribution in [0.1, 0.15) is 66.7 Å². The summed E-state index contributed by atoms with van der Waals surface area (Å²) in [5.74, 6) is 0.727. The number of aliphatic hydroxyl groups is 1. The van der Waals surface area contributed by atoms with Crippen molar-refractivity contribution in [2.45, 2.75) is 84.0 Å². The van der Waals surface area contributed by atoms with Crippen molar-refractivity contribution in [2.24, 2.45) is 22.7 Å². The Morgan fingerprint density at radius 1 is 1.13 bits per heavy atom. The predicted molar refractivity (Wildman–Crippen MR) is 91.1 cm³/mol. The summed E-state index contributed by atoms with van der Waals surface area (Å²) >= 11 is 0. The van der Waals surface area contributed by atoms with Crippen molar-refractivity contribution in [3.05, 3.63) is 12.7 Å². The van der Waals surface area contributed by atoms with Gasteiger partial charge in [-0.25, -0.2) is 0 Å². The van der Waals surface area contributed by atoms with E-state index in [-0.39, 0.29) is 27.8 Å². The molecule has 1 heterocycles. The van der Waals surface area contributed by atoms with Crippen LogP contribution in [0.15, 0.2) is 12.7 Å². The Hall–Kier alpha value is -0.670. The summed E-state index contributed by atoms with van der Waals surface area (Å²) in [6, 6.07) is 0. The second-order valence-electron chi connectivity index (χ2n) is 9.49. The minimum atomic E-state index is -0.826. The van der Waals surface area contributed by atoms with Crippen molar-refractivity contribution in [1.29, 1.82) is 0 Å². The fourth-order valence-electron chi connectivity index (χ4n) is 6.34. The fraction of sp³-hybridized carbons (Fsp3) is 0.850. The average molecular weight is 320 g/mol. The molecule has 0 amide bonds. The smallest absolute Gasteiger partial charge is 0.162 e. The van der Waals surface area contributed by atoms with Gasteiger partial charge in [-0.2, -0.15) is 0 Å². The van der Waals surface area contributed by atoms with E-state index < -0.39 is 6.10 Å². The van der Waals surface area contributed by atoms with Crippen LogP contribution in [0.4, 0.5) is 0 Å². The van der Waals surface area contributed by atoms with Crippen LogP contribution in [0, 0.1) is 22.7 Å². The number of rotatable bonds is 1. The Labute approximate surface area is 140 Å². The van der Waals surface area contributed by atoms with Gasteiger partial charge in [-0.15, -0.1) is 6.58 Å². The number of Topliss-reactive ketones (excluding diaryl/α,β-unsaturated/α-hetero) is 1. The van der Waals surface area contributed by atoms with E-state index in [1.807, 2.05) is 6.08 Å². The van der Waals surface area contributed by atoms with Crippen molar-refractivity contribution < 1.29 is 14.6 Å². The molecule has 0 aromatic heterocycles. The van der Waals surface area contributed by atoms with Crippen LogP contribution in [0.3, 0.4) is 0 Å². The van der Waals surface area contributed by atoms with E-state index in [1.54, 1.807) is 0 Å². The molecule has 3 nitrogen and oxygen atoms in total. The zero-order chi connectivity index (χ0) is 17.3. The van der Waals surface area contributed by atoms with Crippen LogP contribution in [0.2, 0.25) is 0 Å². The predicted octanol–water partition coefficient (Wildman–Crippen LogP) is 3.89. The molecule has 6 atom stereocenters. The van der Waals surface area contributed by atoms with Gasteiger partial charge in [0.15, 0.2) is 5.78 Å². The van der Waals surface area contributed by atoms with E-state index in [9.17, 15) is 9.90 Å². The second-order valence-corrected chi connectivity index (χ2v) is 9.49. The van der Waals surface area contributed by atoms with Crippen molar-refractivity contribution in [1.82, 2.24) is 0 Å². The summed E-state index contributed by atoms with van der Waals surface area (Å²) in [6.07, 6.45) is 5.61. The lowest BCUT2D eigenvalue weighted by atomic mass is 9.43. The molecule has 0 aromatic rings. The molecule has 2 saturated carbocycles. The molecule has 0 spiro atoms. The Bertz CT molecular complexity index is 539. The number of ether oxygens (including phenoxy) is 1. The zero-order valence-electron chi connectivity index (χ0n) is 15.3. The van der Waals surface area contributed by atoms with E-state index in [2.05, 4.69) is 41.2 Å². The minimum Gasteiger partial charge on any atom is -0.385 e. The lowest BCUT2D eigenvalue weighted by Gasteiger charge is -2.65. The van der Waals surface area contributed by atoms with Gasteiger partial charge in [-0.3, -0.25) is 4.79 Å². The molecule has 1 aliphatic heterocycles. The summed E-state index contributed by atoms with van der Waals surface area (Å²) in [7, 11) is 0. The molecule has 0 unspecified atom stereocenters. The first-order valence-corrected chi connectivity index (χ1v) is 9.03. The van der Waals surface area contributed by atoms with Crippen molar-refractivity contribution in [3.63, 3.8) is 0 Å². The summed E-state index contributed by atoms with van der Waals surface area (Å²) in [5, 5.41) is 10.4. The quantitative estimate of drug-likeness (QED) is 0.746. The molecule has 3 fully saturated rings. The molecule has 0 bridgehead atoms. The molecular weight excluding hydrogens is 288 g/mol. The van der Waals surface area contributed by atoms with E-state index >= 15 is 0 Å². The fourth-order valence-corrected chi connectivity index (χ4v) is 6.34. The lowest BCUT2D eigenvalue weighted by molar-refractivity contribution is -0.257. The Morgan fingerprint density at radius 3 is 2.35 bits per heavy atom. The highest BCUT2D eigenvalue weighted by atomic mass is 16.5. The highest BCUT2D eigenvalue weighted by molar-refractivity contribution is 5.85. The van der Waals surface area contributed by atoms with Gasteiger partial charge in [0, 0.05) is 11.8 Å². The normalized spacial score (nSPS) is 52.4. The van der Waals surface area contributed by atoms with Gasteiger partial charge in [-0.1, -0.05) is 26.8 Å². The molecule has 2 aliphatic carbocycles. The summed E-state index contributed by atoms with van der Waals surface area (Å²) in [4.78, 5) is 12.5. The van der Waals surface area contributed by atoms with Gasteiger partial charge in [0.1, 0.15) is 6.10 Å².